The van der Waals surface area contributed by atoms with Gasteiger partial charge >= 0.3 is 5.97 Å². The van der Waals surface area contributed by atoms with Crippen molar-refractivity contribution in [3.63, 3.8) is 0 Å². The Morgan fingerprint density at radius 3 is 2.89 bits per heavy atom. The van der Waals surface area contributed by atoms with Crippen LogP contribution in [0.25, 0.3) is 6.08 Å². The van der Waals surface area contributed by atoms with Gasteiger partial charge in [-0.25, -0.2) is 4.79 Å². The van der Waals surface area contributed by atoms with Crippen LogP contribution in [-0.4, -0.2) is 32.1 Å². The fourth-order valence-corrected chi connectivity index (χ4v) is 2.84. The SMILES string of the molecule is COC(=O)COc1ccc2c(c1)O/C(=C\C1=Cc3ccccc3OC1)C2=O. The summed E-state index contributed by atoms with van der Waals surface area (Å²) in [5.74, 6) is 1.16. The van der Waals surface area contributed by atoms with Crippen molar-refractivity contribution in [2.24, 2.45) is 0 Å². The number of carbonyl (C=O) groups is 2. The normalized spacial score (nSPS) is 16.0. The van der Waals surface area contributed by atoms with Crippen LogP contribution in [0.3, 0.4) is 0 Å². The minimum Gasteiger partial charge on any atom is -0.488 e. The van der Waals surface area contributed by atoms with Gasteiger partial charge in [-0.2, -0.15) is 0 Å². The Labute approximate surface area is 155 Å². The highest BCUT2D eigenvalue weighted by Gasteiger charge is 2.28. The zero-order chi connectivity index (χ0) is 18.8. The van der Waals surface area contributed by atoms with Crippen molar-refractivity contribution in [1.82, 2.24) is 0 Å². The van der Waals surface area contributed by atoms with Gasteiger partial charge in [-0.3, -0.25) is 4.79 Å². The van der Waals surface area contributed by atoms with Crippen LogP contribution >= 0.6 is 0 Å². The van der Waals surface area contributed by atoms with E-state index in [1.54, 1.807) is 24.3 Å². The third-order valence-corrected chi connectivity index (χ3v) is 4.20. The van der Waals surface area contributed by atoms with Crippen molar-refractivity contribution < 1.29 is 28.5 Å². The van der Waals surface area contributed by atoms with Crippen LogP contribution in [0, 0.1) is 0 Å². The van der Waals surface area contributed by atoms with E-state index in [2.05, 4.69) is 4.74 Å². The van der Waals surface area contributed by atoms with Gasteiger partial charge in [0.05, 0.1) is 12.7 Å². The monoisotopic (exact) mass is 364 g/mol. The quantitative estimate of drug-likeness (QED) is 0.613. The minimum absolute atomic E-state index is 0.204. The lowest BCUT2D eigenvalue weighted by Gasteiger charge is -2.15. The molecule has 0 radical (unpaired) electrons. The van der Waals surface area contributed by atoms with E-state index in [9.17, 15) is 9.59 Å². The van der Waals surface area contributed by atoms with E-state index < -0.39 is 5.97 Å². The Kier molecular flexibility index (Phi) is 4.38. The molecule has 0 unspecified atom stereocenters. The fourth-order valence-electron chi connectivity index (χ4n) is 2.84. The molecule has 0 bridgehead atoms. The number of carbonyl (C=O) groups excluding carboxylic acids is 2. The molecule has 0 saturated carbocycles. The summed E-state index contributed by atoms with van der Waals surface area (Å²) < 4.78 is 21.3. The Morgan fingerprint density at radius 1 is 1.19 bits per heavy atom. The average Bonchev–Trinajstić information content (AvgIpc) is 3.00. The predicted molar refractivity (Wildman–Crippen MR) is 96.9 cm³/mol. The zero-order valence-corrected chi connectivity index (χ0v) is 14.6. The first kappa shape index (κ1) is 16.9. The largest absolute Gasteiger partial charge is 0.488 e. The molecule has 6 heteroatoms. The van der Waals surface area contributed by atoms with E-state index in [0.717, 1.165) is 16.9 Å². The molecule has 2 aliphatic rings. The lowest BCUT2D eigenvalue weighted by Crippen LogP contribution is -2.12. The van der Waals surface area contributed by atoms with Crippen molar-refractivity contribution in [2.45, 2.75) is 0 Å². The first-order valence-corrected chi connectivity index (χ1v) is 8.34. The van der Waals surface area contributed by atoms with Gasteiger partial charge in [0.15, 0.2) is 12.4 Å². The fraction of sp³-hybridized carbons (Fsp3) is 0.143. The van der Waals surface area contributed by atoms with Gasteiger partial charge in [-0.05, 0) is 35.9 Å². The van der Waals surface area contributed by atoms with Gasteiger partial charge in [-0.1, -0.05) is 18.2 Å². The van der Waals surface area contributed by atoms with Crippen molar-refractivity contribution in [1.29, 1.82) is 0 Å². The van der Waals surface area contributed by atoms with Gasteiger partial charge in [0, 0.05) is 11.6 Å². The van der Waals surface area contributed by atoms with E-state index in [1.807, 2.05) is 30.3 Å². The molecule has 2 heterocycles. The summed E-state index contributed by atoms with van der Waals surface area (Å²) in [6.07, 6.45) is 3.66. The number of esters is 1. The second-order valence-electron chi connectivity index (χ2n) is 6.01. The van der Waals surface area contributed by atoms with Gasteiger partial charge in [-0.15, -0.1) is 0 Å². The van der Waals surface area contributed by atoms with Gasteiger partial charge in [0.25, 0.3) is 0 Å². The summed E-state index contributed by atoms with van der Waals surface area (Å²) in [5, 5.41) is 0. The summed E-state index contributed by atoms with van der Waals surface area (Å²) in [4.78, 5) is 23.7. The number of ketones is 1. The molecule has 0 fully saturated rings. The molecule has 136 valence electrons. The van der Waals surface area contributed by atoms with Crippen LogP contribution < -0.4 is 14.2 Å². The number of allylic oxidation sites excluding steroid dienone is 1. The summed E-state index contributed by atoms with van der Waals surface area (Å²) in [6.45, 7) is 0.149. The number of Topliss-reactive ketones (excluding diaryl/α,β-unsaturated/α-hetero) is 1. The van der Waals surface area contributed by atoms with Crippen molar-refractivity contribution in [3.8, 4) is 17.2 Å². The Morgan fingerprint density at radius 2 is 2.04 bits per heavy atom. The van der Waals surface area contributed by atoms with Crippen LogP contribution in [0.15, 0.2) is 59.9 Å². The summed E-state index contributed by atoms with van der Waals surface area (Å²) in [6, 6.07) is 12.5. The highest BCUT2D eigenvalue weighted by Crippen LogP contribution is 2.35. The average molecular weight is 364 g/mol. The van der Waals surface area contributed by atoms with Crippen LogP contribution in [0.2, 0.25) is 0 Å². The molecular formula is C21H16O6. The molecule has 0 amide bonds. The van der Waals surface area contributed by atoms with Crippen molar-refractivity contribution >= 4 is 17.8 Å². The summed E-state index contributed by atoms with van der Waals surface area (Å²) >= 11 is 0. The lowest BCUT2D eigenvalue weighted by atomic mass is 10.1. The topological polar surface area (TPSA) is 71.1 Å². The van der Waals surface area contributed by atoms with Crippen LogP contribution in [0.4, 0.5) is 0 Å². The number of benzene rings is 2. The first-order valence-electron chi connectivity index (χ1n) is 8.34. The van der Waals surface area contributed by atoms with E-state index in [0.29, 0.717) is 23.7 Å². The van der Waals surface area contributed by atoms with Gasteiger partial charge in [0.1, 0.15) is 23.9 Å². The van der Waals surface area contributed by atoms with Gasteiger partial charge in [0.2, 0.25) is 5.78 Å². The summed E-state index contributed by atoms with van der Waals surface area (Å²) in [5.41, 5.74) is 2.24. The smallest absolute Gasteiger partial charge is 0.343 e. The second kappa shape index (κ2) is 6.99. The van der Waals surface area contributed by atoms with Crippen molar-refractivity contribution in [2.75, 3.05) is 20.3 Å². The molecule has 2 aromatic rings. The number of hydrogen-bond acceptors (Lipinski definition) is 6. The molecule has 2 aliphatic heterocycles. The molecule has 0 atom stereocenters. The Hall–Kier alpha value is -3.54. The number of fused-ring (bicyclic) bond motifs is 2. The minimum atomic E-state index is -0.488. The van der Waals surface area contributed by atoms with E-state index in [-0.39, 0.29) is 18.1 Å². The molecule has 6 nitrogen and oxygen atoms in total. The van der Waals surface area contributed by atoms with Crippen LogP contribution in [0.5, 0.6) is 17.2 Å². The maximum Gasteiger partial charge on any atom is 0.343 e. The van der Waals surface area contributed by atoms with Crippen LogP contribution in [0.1, 0.15) is 15.9 Å². The number of ether oxygens (including phenoxy) is 4. The molecule has 0 N–H and O–H groups in total. The van der Waals surface area contributed by atoms with E-state index in [4.69, 9.17) is 14.2 Å². The number of para-hydroxylation sites is 1. The second-order valence-corrected chi connectivity index (χ2v) is 6.01. The molecule has 27 heavy (non-hydrogen) atoms. The molecule has 2 aromatic carbocycles. The van der Waals surface area contributed by atoms with E-state index in [1.165, 1.54) is 7.11 Å². The Bertz CT molecular complexity index is 986. The number of hydrogen-bond donors (Lipinski definition) is 0. The number of rotatable bonds is 4. The molecule has 0 aliphatic carbocycles. The number of methoxy groups -OCH3 is 1. The highest BCUT2D eigenvalue weighted by atomic mass is 16.6. The Balaban J connectivity index is 1.54. The third-order valence-electron chi connectivity index (χ3n) is 4.20. The summed E-state index contributed by atoms with van der Waals surface area (Å²) in [7, 11) is 1.29. The lowest BCUT2D eigenvalue weighted by molar-refractivity contribution is -0.142. The zero-order valence-electron chi connectivity index (χ0n) is 14.6. The third kappa shape index (κ3) is 3.42. The first-order chi connectivity index (χ1) is 13.1. The maximum absolute atomic E-state index is 12.6. The van der Waals surface area contributed by atoms with Crippen LogP contribution in [-0.2, 0) is 9.53 Å². The molecule has 4 rings (SSSR count). The molecular weight excluding hydrogens is 348 g/mol. The molecule has 0 spiro atoms. The van der Waals surface area contributed by atoms with Crippen molar-refractivity contribution in [3.05, 3.63) is 71.0 Å². The maximum atomic E-state index is 12.6. The molecule has 0 saturated heterocycles. The molecule has 0 aromatic heterocycles. The highest BCUT2D eigenvalue weighted by molar-refractivity contribution is 6.12. The predicted octanol–water partition coefficient (Wildman–Crippen LogP) is 3.17. The van der Waals surface area contributed by atoms with E-state index >= 15 is 0 Å². The van der Waals surface area contributed by atoms with Gasteiger partial charge < -0.3 is 18.9 Å². The standard InChI is InChI=1S/C21H16O6/c1-24-20(22)12-25-15-6-7-16-18(10-15)27-19(21(16)23)9-13-8-14-4-2-3-5-17(14)26-11-13/h2-10H,11-12H2,1H3/b19-9-.